The molecule has 0 bridgehead atoms. The number of thiophene rings is 1. The minimum absolute atomic E-state index is 0.0175. The van der Waals surface area contributed by atoms with Gasteiger partial charge in [-0.05, 0) is 39.5 Å². The van der Waals surface area contributed by atoms with Gasteiger partial charge >= 0.3 is 0 Å². The van der Waals surface area contributed by atoms with Gasteiger partial charge in [0.25, 0.3) is 15.7 Å². The van der Waals surface area contributed by atoms with E-state index in [1.165, 1.54) is 6.07 Å². The summed E-state index contributed by atoms with van der Waals surface area (Å²) in [5.41, 5.74) is -0.946. The maximum absolute atomic E-state index is 13.0. The van der Waals surface area contributed by atoms with Crippen LogP contribution in [0, 0.1) is 15.9 Å². The molecule has 10 heteroatoms. The smallest absolute Gasteiger partial charge is 0.272 e. The second-order valence-corrected chi connectivity index (χ2v) is 7.23. The Bertz CT molecular complexity index is 775. The van der Waals surface area contributed by atoms with E-state index in [-0.39, 0.29) is 9.90 Å². The highest BCUT2D eigenvalue weighted by Gasteiger charge is 2.24. The van der Waals surface area contributed by atoms with Gasteiger partial charge in [-0.3, -0.25) is 14.8 Å². The van der Waals surface area contributed by atoms with E-state index >= 15 is 0 Å². The Morgan fingerprint density at radius 1 is 1.35 bits per heavy atom. The summed E-state index contributed by atoms with van der Waals surface area (Å²) in [7, 11) is -3.97. The standard InChI is InChI=1S/C10H6BrFN2O4S2/c11-7-3-4-19-10(7)20(17,18)13-8-2-1-6(12)5-9(8)14(15)16/h1-5,13H. The third-order valence-corrected chi connectivity index (χ3v) is 6.26. The van der Waals surface area contributed by atoms with E-state index in [4.69, 9.17) is 0 Å². The highest BCUT2D eigenvalue weighted by Crippen LogP contribution is 2.32. The molecular formula is C10H6BrFN2O4S2. The van der Waals surface area contributed by atoms with E-state index in [0.29, 0.717) is 10.5 Å². The normalized spacial score (nSPS) is 11.3. The topological polar surface area (TPSA) is 89.3 Å². The molecule has 6 nitrogen and oxygen atoms in total. The Labute approximate surface area is 125 Å². The van der Waals surface area contributed by atoms with Crippen molar-refractivity contribution in [3.05, 3.63) is 50.0 Å². The molecule has 0 aliphatic rings. The van der Waals surface area contributed by atoms with Gasteiger partial charge in [-0.25, -0.2) is 12.8 Å². The number of anilines is 1. The number of nitro benzene ring substituents is 1. The number of nitrogens with one attached hydrogen (secondary N) is 1. The third kappa shape index (κ3) is 2.97. The Morgan fingerprint density at radius 3 is 2.60 bits per heavy atom. The lowest BCUT2D eigenvalue weighted by Crippen LogP contribution is -2.13. The number of benzene rings is 1. The lowest BCUT2D eigenvalue weighted by Gasteiger charge is -2.07. The van der Waals surface area contributed by atoms with Gasteiger partial charge in [0.15, 0.2) is 4.21 Å². The largest absolute Gasteiger partial charge is 0.296 e. The first-order chi connectivity index (χ1) is 9.31. The summed E-state index contributed by atoms with van der Waals surface area (Å²) in [6, 6.07) is 4.14. The van der Waals surface area contributed by atoms with Crippen molar-refractivity contribution in [2.24, 2.45) is 0 Å². The van der Waals surface area contributed by atoms with Crippen molar-refractivity contribution in [1.82, 2.24) is 0 Å². The zero-order valence-electron chi connectivity index (χ0n) is 9.54. The van der Waals surface area contributed by atoms with Crippen molar-refractivity contribution in [3.8, 4) is 0 Å². The van der Waals surface area contributed by atoms with Crippen LogP contribution in [0.3, 0.4) is 0 Å². The van der Waals surface area contributed by atoms with Crippen molar-refractivity contribution in [2.45, 2.75) is 4.21 Å². The molecule has 0 amide bonds. The van der Waals surface area contributed by atoms with Crippen LogP contribution in [0.2, 0.25) is 0 Å². The Hall–Kier alpha value is -1.52. The Balaban J connectivity index is 2.45. The molecule has 20 heavy (non-hydrogen) atoms. The maximum Gasteiger partial charge on any atom is 0.296 e. The molecule has 0 aliphatic carbocycles. The summed E-state index contributed by atoms with van der Waals surface area (Å²) in [6.07, 6.45) is 0. The molecule has 106 valence electrons. The first-order valence-electron chi connectivity index (χ1n) is 5.01. The van der Waals surface area contributed by atoms with Gasteiger partial charge in [0.2, 0.25) is 0 Å². The Morgan fingerprint density at radius 2 is 2.05 bits per heavy atom. The number of hydrogen-bond donors (Lipinski definition) is 1. The number of nitrogens with zero attached hydrogens (tertiary/aromatic N) is 1. The highest BCUT2D eigenvalue weighted by atomic mass is 79.9. The Kier molecular flexibility index (Phi) is 4.06. The lowest BCUT2D eigenvalue weighted by atomic mass is 10.3. The lowest BCUT2D eigenvalue weighted by molar-refractivity contribution is -0.384. The number of sulfonamides is 1. The van der Waals surface area contributed by atoms with Gasteiger partial charge in [0.1, 0.15) is 11.5 Å². The molecule has 0 saturated heterocycles. The van der Waals surface area contributed by atoms with Crippen molar-refractivity contribution in [3.63, 3.8) is 0 Å². The first-order valence-corrected chi connectivity index (χ1v) is 8.16. The van der Waals surface area contributed by atoms with Crippen LogP contribution in [-0.2, 0) is 10.0 Å². The summed E-state index contributed by atoms with van der Waals surface area (Å²) in [6.45, 7) is 0. The zero-order chi connectivity index (χ0) is 14.9. The number of hydrogen-bond acceptors (Lipinski definition) is 5. The third-order valence-electron chi connectivity index (χ3n) is 2.23. The molecule has 0 fully saturated rings. The molecule has 1 aromatic heterocycles. The molecule has 1 heterocycles. The van der Waals surface area contributed by atoms with E-state index in [9.17, 15) is 22.9 Å². The van der Waals surface area contributed by atoms with Crippen LogP contribution in [0.5, 0.6) is 0 Å². The van der Waals surface area contributed by atoms with Crippen LogP contribution >= 0.6 is 27.3 Å². The van der Waals surface area contributed by atoms with Gasteiger partial charge in [0.05, 0.1) is 11.0 Å². The molecule has 0 unspecified atom stereocenters. The van der Waals surface area contributed by atoms with Crippen LogP contribution in [0.4, 0.5) is 15.8 Å². The number of rotatable bonds is 4. The van der Waals surface area contributed by atoms with Gasteiger partial charge in [-0.15, -0.1) is 11.3 Å². The predicted molar refractivity (Wildman–Crippen MR) is 75.9 cm³/mol. The molecule has 1 N–H and O–H groups in total. The second-order valence-electron chi connectivity index (χ2n) is 3.58. The summed E-state index contributed by atoms with van der Waals surface area (Å²) in [5, 5.41) is 12.4. The van der Waals surface area contributed by atoms with E-state index in [1.807, 2.05) is 0 Å². The molecule has 0 radical (unpaired) electrons. The quantitative estimate of drug-likeness (QED) is 0.650. The number of halogens is 2. The van der Waals surface area contributed by atoms with Gasteiger partial charge in [-0.1, -0.05) is 0 Å². The number of nitro groups is 1. The first kappa shape index (κ1) is 14.9. The molecule has 2 rings (SSSR count). The minimum Gasteiger partial charge on any atom is -0.272 e. The maximum atomic E-state index is 13.0. The monoisotopic (exact) mass is 380 g/mol. The van der Waals surface area contributed by atoms with Gasteiger partial charge in [-0.2, -0.15) is 0 Å². The molecule has 2 aromatic rings. The van der Waals surface area contributed by atoms with Crippen molar-refractivity contribution in [1.29, 1.82) is 0 Å². The van der Waals surface area contributed by atoms with E-state index in [2.05, 4.69) is 20.7 Å². The summed E-state index contributed by atoms with van der Waals surface area (Å²) >= 11 is 4.02. The molecule has 0 spiro atoms. The highest BCUT2D eigenvalue weighted by molar-refractivity contribution is 9.10. The van der Waals surface area contributed by atoms with Crippen LogP contribution in [0.25, 0.3) is 0 Å². The van der Waals surface area contributed by atoms with Gasteiger partial charge in [0, 0.05) is 4.47 Å². The SMILES string of the molecule is O=[N+]([O-])c1cc(F)ccc1NS(=O)(=O)c1sccc1Br. The van der Waals surface area contributed by atoms with Crippen molar-refractivity contribution >= 4 is 48.7 Å². The molecule has 0 saturated carbocycles. The fourth-order valence-corrected chi connectivity index (χ4v) is 4.82. The van der Waals surface area contributed by atoms with Crippen LogP contribution in [-0.4, -0.2) is 13.3 Å². The fraction of sp³-hybridized carbons (Fsp3) is 0. The summed E-state index contributed by atoms with van der Waals surface area (Å²) in [4.78, 5) is 9.95. The van der Waals surface area contributed by atoms with Crippen LogP contribution < -0.4 is 4.72 Å². The second kappa shape index (κ2) is 5.46. The van der Waals surface area contributed by atoms with Gasteiger partial charge < -0.3 is 0 Å². The average Bonchev–Trinajstić information content (AvgIpc) is 2.78. The minimum atomic E-state index is -3.97. The molecular weight excluding hydrogens is 375 g/mol. The fourth-order valence-electron chi connectivity index (χ4n) is 1.40. The van der Waals surface area contributed by atoms with Crippen molar-refractivity contribution in [2.75, 3.05) is 4.72 Å². The van der Waals surface area contributed by atoms with E-state index in [0.717, 1.165) is 23.5 Å². The van der Waals surface area contributed by atoms with Crippen LogP contribution in [0.1, 0.15) is 0 Å². The van der Waals surface area contributed by atoms with E-state index in [1.54, 1.807) is 5.38 Å². The van der Waals surface area contributed by atoms with Crippen LogP contribution in [0.15, 0.2) is 38.3 Å². The summed E-state index contributed by atoms with van der Waals surface area (Å²) < 4.78 is 39.6. The molecule has 1 aromatic carbocycles. The molecule has 0 aliphatic heterocycles. The molecule has 0 atom stereocenters. The van der Waals surface area contributed by atoms with E-state index < -0.39 is 26.5 Å². The summed E-state index contributed by atoms with van der Waals surface area (Å²) in [5.74, 6) is -0.822. The predicted octanol–water partition coefficient (Wildman–Crippen LogP) is 3.36. The average molecular weight is 381 g/mol. The zero-order valence-corrected chi connectivity index (χ0v) is 12.8. The van der Waals surface area contributed by atoms with Crippen molar-refractivity contribution < 1.29 is 17.7 Å².